The highest BCUT2D eigenvalue weighted by molar-refractivity contribution is 5.81. The van der Waals surface area contributed by atoms with Crippen molar-refractivity contribution in [3.05, 3.63) is 17.5 Å². The van der Waals surface area contributed by atoms with Crippen LogP contribution in [0.2, 0.25) is 0 Å². The molecular formula is C18H29N5O2. The van der Waals surface area contributed by atoms with Crippen LogP contribution in [0.1, 0.15) is 24.2 Å². The molecule has 2 aliphatic heterocycles. The number of carbonyl (C=O) groups is 1. The Morgan fingerprint density at radius 3 is 2.76 bits per heavy atom. The third kappa shape index (κ3) is 3.45. The van der Waals surface area contributed by atoms with Gasteiger partial charge in [-0.15, -0.1) is 0 Å². The third-order valence-electron chi connectivity index (χ3n) is 5.73. The van der Waals surface area contributed by atoms with Crippen molar-refractivity contribution in [3.63, 3.8) is 0 Å². The number of nitrogens with one attached hydrogen (secondary N) is 1. The Hall–Kier alpha value is -1.44. The van der Waals surface area contributed by atoms with Crippen LogP contribution in [0.15, 0.2) is 6.07 Å². The number of likely N-dealkylation sites (N-methyl/N-ethyl adjacent to an activating group) is 1. The van der Waals surface area contributed by atoms with Gasteiger partial charge in [0, 0.05) is 46.8 Å². The first-order valence-electron chi connectivity index (χ1n) is 9.29. The van der Waals surface area contributed by atoms with E-state index in [4.69, 9.17) is 4.74 Å². The molecule has 1 aromatic rings. The second-order valence-electron chi connectivity index (χ2n) is 8.04. The van der Waals surface area contributed by atoms with E-state index < -0.39 is 0 Å². The van der Waals surface area contributed by atoms with Crippen molar-refractivity contribution >= 4 is 5.91 Å². The summed E-state index contributed by atoms with van der Waals surface area (Å²) in [5.41, 5.74) is 2.19. The molecule has 3 heterocycles. The molecule has 138 valence electrons. The molecule has 1 saturated carbocycles. The van der Waals surface area contributed by atoms with Crippen LogP contribution in [0.25, 0.3) is 0 Å². The lowest BCUT2D eigenvalue weighted by Crippen LogP contribution is -2.72. The molecule has 0 aromatic carbocycles. The van der Waals surface area contributed by atoms with Crippen molar-refractivity contribution in [2.24, 2.45) is 13.0 Å². The highest BCUT2D eigenvalue weighted by Gasteiger charge is 2.51. The normalized spacial score (nSPS) is 26.6. The lowest BCUT2D eigenvalue weighted by Gasteiger charge is -2.55. The zero-order chi connectivity index (χ0) is 17.6. The summed E-state index contributed by atoms with van der Waals surface area (Å²) in [4.78, 5) is 17.0. The predicted octanol–water partition coefficient (Wildman–Crippen LogP) is 0.140. The van der Waals surface area contributed by atoms with Crippen molar-refractivity contribution in [1.82, 2.24) is 24.9 Å². The molecule has 0 unspecified atom stereocenters. The van der Waals surface area contributed by atoms with E-state index in [0.29, 0.717) is 6.61 Å². The van der Waals surface area contributed by atoms with Crippen LogP contribution in [0.5, 0.6) is 0 Å². The van der Waals surface area contributed by atoms with Crippen LogP contribution >= 0.6 is 0 Å². The Kier molecular flexibility index (Phi) is 4.33. The first-order valence-corrected chi connectivity index (χ1v) is 9.29. The van der Waals surface area contributed by atoms with Gasteiger partial charge in [-0.05, 0) is 31.7 Å². The summed E-state index contributed by atoms with van der Waals surface area (Å²) in [7, 11) is 3.71. The van der Waals surface area contributed by atoms with Crippen LogP contribution < -0.4 is 5.32 Å². The van der Waals surface area contributed by atoms with Gasteiger partial charge in [0.05, 0.1) is 18.0 Å². The molecule has 2 saturated heterocycles. The van der Waals surface area contributed by atoms with Gasteiger partial charge < -0.3 is 10.1 Å². The maximum Gasteiger partial charge on any atom is 0.239 e. The maximum atomic E-state index is 12.2. The quantitative estimate of drug-likeness (QED) is 0.821. The van der Waals surface area contributed by atoms with Crippen LogP contribution in [-0.2, 0) is 23.1 Å². The van der Waals surface area contributed by atoms with Crippen molar-refractivity contribution < 1.29 is 9.53 Å². The number of hydrogen-bond donors (Lipinski definition) is 1. The van der Waals surface area contributed by atoms with Gasteiger partial charge in [-0.2, -0.15) is 5.10 Å². The lowest BCUT2D eigenvalue weighted by atomic mass is 9.90. The number of nitrogens with zero attached hydrogens (tertiary/aromatic N) is 4. The lowest BCUT2D eigenvalue weighted by molar-refractivity contribution is -0.203. The molecule has 1 amide bonds. The second kappa shape index (κ2) is 6.37. The molecule has 0 bridgehead atoms. The molecule has 1 spiro atoms. The molecule has 1 N–H and O–H groups in total. The number of hydrogen-bond acceptors (Lipinski definition) is 5. The summed E-state index contributed by atoms with van der Waals surface area (Å²) in [6.07, 6.45) is 2.60. The van der Waals surface area contributed by atoms with Gasteiger partial charge in [-0.25, -0.2) is 0 Å². The minimum atomic E-state index is -0.134. The number of morpholine rings is 1. The summed E-state index contributed by atoms with van der Waals surface area (Å²) in [5, 5.41) is 7.21. The van der Waals surface area contributed by atoms with Gasteiger partial charge in [-0.1, -0.05) is 0 Å². The molecule has 3 aliphatic rings. The summed E-state index contributed by atoms with van der Waals surface area (Å²) in [6.45, 7) is 7.19. The first kappa shape index (κ1) is 17.0. The van der Waals surface area contributed by atoms with E-state index in [-0.39, 0.29) is 17.6 Å². The second-order valence-corrected chi connectivity index (χ2v) is 8.04. The van der Waals surface area contributed by atoms with E-state index in [2.05, 4.69) is 26.3 Å². The molecule has 7 nitrogen and oxygen atoms in total. The minimum absolute atomic E-state index is 0.0806. The average molecular weight is 347 g/mol. The van der Waals surface area contributed by atoms with Gasteiger partial charge in [0.2, 0.25) is 5.91 Å². The van der Waals surface area contributed by atoms with Crippen LogP contribution in [0.4, 0.5) is 0 Å². The standard InChI is InChI=1S/C18H29N5O2/c1-13-6-15(21(3)20-13)8-22-10-18(11-22)12-23(7-14-4-5-14)16(9-25-18)17(24)19-2/h6,14,16H,4-5,7-12H2,1-3H3,(H,19,24)/t16-/m1/s1. The molecule has 1 aromatic heterocycles. The summed E-state index contributed by atoms with van der Waals surface area (Å²) in [5.74, 6) is 0.855. The molecule has 3 fully saturated rings. The number of ether oxygens (including phenoxy) is 1. The van der Waals surface area contributed by atoms with Crippen molar-refractivity contribution in [3.8, 4) is 0 Å². The van der Waals surface area contributed by atoms with Gasteiger partial charge in [-0.3, -0.25) is 19.3 Å². The first-order chi connectivity index (χ1) is 12.0. The fourth-order valence-corrected chi connectivity index (χ4v) is 4.23. The van der Waals surface area contributed by atoms with Gasteiger partial charge >= 0.3 is 0 Å². The van der Waals surface area contributed by atoms with E-state index >= 15 is 0 Å². The topological polar surface area (TPSA) is 62.6 Å². The predicted molar refractivity (Wildman–Crippen MR) is 94.1 cm³/mol. The Morgan fingerprint density at radius 1 is 1.40 bits per heavy atom. The zero-order valence-electron chi connectivity index (χ0n) is 15.5. The molecular weight excluding hydrogens is 318 g/mol. The summed E-state index contributed by atoms with van der Waals surface area (Å²) < 4.78 is 8.17. The van der Waals surface area contributed by atoms with E-state index in [1.165, 1.54) is 18.5 Å². The average Bonchev–Trinajstić information content (AvgIpc) is 3.30. The number of aryl methyl sites for hydroxylation is 2. The maximum absolute atomic E-state index is 12.2. The third-order valence-corrected chi connectivity index (χ3v) is 5.73. The zero-order valence-corrected chi connectivity index (χ0v) is 15.5. The Labute approximate surface area is 149 Å². The van der Waals surface area contributed by atoms with Gasteiger partial charge in [0.1, 0.15) is 11.6 Å². The fourth-order valence-electron chi connectivity index (χ4n) is 4.23. The molecule has 7 heteroatoms. The molecule has 0 radical (unpaired) electrons. The highest BCUT2D eigenvalue weighted by atomic mass is 16.5. The molecule has 25 heavy (non-hydrogen) atoms. The van der Waals surface area contributed by atoms with Gasteiger partial charge in [0.15, 0.2) is 0 Å². The smallest absolute Gasteiger partial charge is 0.239 e. The van der Waals surface area contributed by atoms with Crippen molar-refractivity contribution in [1.29, 1.82) is 0 Å². The number of aromatic nitrogens is 2. The Balaban J connectivity index is 1.37. The Bertz CT molecular complexity index is 648. The summed E-state index contributed by atoms with van der Waals surface area (Å²) >= 11 is 0. The van der Waals surface area contributed by atoms with Crippen LogP contribution in [-0.4, -0.2) is 77.0 Å². The van der Waals surface area contributed by atoms with E-state index in [1.807, 2.05) is 18.7 Å². The van der Waals surface area contributed by atoms with Crippen molar-refractivity contribution in [2.45, 2.75) is 38.0 Å². The number of carbonyl (C=O) groups excluding carboxylic acids is 1. The summed E-state index contributed by atoms with van der Waals surface area (Å²) in [6, 6.07) is 2.01. The monoisotopic (exact) mass is 347 g/mol. The van der Waals surface area contributed by atoms with E-state index in [1.54, 1.807) is 7.05 Å². The van der Waals surface area contributed by atoms with Crippen LogP contribution in [0, 0.1) is 12.8 Å². The minimum Gasteiger partial charge on any atom is -0.369 e. The van der Waals surface area contributed by atoms with E-state index in [0.717, 1.165) is 44.3 Å². The fraction of sp³-hybridized carbons (Fsp3) is 0.778. The SMILES string of the molecule is CNC(=O)[C@H]1COC2(CN(Cc3cc(C)nn3C)C2)CN1CC1CC1. The Morgan fingerprint density at radius 2 is 2.16 bits per heavy atom. The highest BCUT2D eigenvalue weighted by Crippen LogP contribution is 2.36. The van der Waals surface area contributed by atoms with Crippen LogP contribution in [0.3, 0.4) is 0 Å². The van der Waals surface area contributed by atoms with E-state index in [9.17, 15) is 4.79 Å². The molecule has 1 aliphatic carbocycles. The molecule has 1 atom stereocenters. The van der Waals surface area contributed by atoms with Crippen molar-refractivity contribution in [2.75, 3.05) is 39.8 Å². The van der Waals surface area contributed by atoms with Gasteiger partial charge in [0.25, 0.3) is 0 Å². The molecule has 4 rings (SSSR count). The number of likely N-dealkylation sites (tertiary alicyclic amines) is 1. The number of rotatable bonds is 5. The largest absolute Gasteiger partial charge is 0.369 e. The number of amides is 1.